The van der Waals surface area contributed by atoms with E-state index in [1.165, 1.54) is 25.7 Å². The van der Waals surface area contributed by atoms with Gasteiger partial charge in [0.15, 0.2) is 5.82 Å². The van der Waals surface area contributed by atoms with Crippen molar-refractivity contribution in [2.24, 2.45) is 5.92 Å². The van der Waals surface area contributed by atoms with Crippen LogP contribution in [0, 0.1) is 5.92 Å². The van der Waals surface area contributed by atoms with Gasteiger partial charge in [-0.15, -0.1) is 0 Å². The molecule has 5 nitrogen and oxygen atoms in total. The Bertz CT molecular complexity index is 494. The molecule has 1 aliphatic carbocycles. The van der Waals surface area contributed by atoms with Gasteiger partial charge in [-0.2, -0.15) is 4.98 Å². The van der Waals surface area contributed by atoms with E-state index in [0.717, 1.165) is 50.5 Å². The van der Waals surface area contributed by atoms with Crippen molar-refractivity contribution in [2.45, 2.75) is 70.6 Å². The van der Waals surface area contributed by atoms with Crippen molar-refractivity contribution in [1.82, 2.24) is 15.0 Å². The van der Waals surface area contributed by atoms with E-state index in [4.69, 9.17) is 4.52 Å². The molecule has 0 N–H and O–H groups in total. The van der Waals surface area contributed by atoms with Crippen LogP contribution in [0.1, 0.15) is 75.9 Å². The van der Waals surface area contributed by atoms with Gasteiger partial charge in [0.25, 0.3) is 0 Å². The molecular formula is C17H27N3O2. The third kappa shape index (κ3) is 3.68. The second-order valence-electron chi connectivity index (χ2n) is 6.77. The van der Waals surface area contributed by atoms with Gasteiger partial charge in [0, 0.05) is 25.9 Å². The lowest BCUT2D eigenvalue weighted by Crippen LogP contribution is -2.39. The van der Waals surface area contributed by atoms with Crippen LogP contribution in [-0.2, 0) is 11.2 Å². The maximum Gasteiger partial charge on any atom is 0.231 e. The molecule has 1 aliphatic heterocycles. The molecule has 122 valence electrons. The summed E-state index contributed by atoms with van der Waals surface area (Å²) in [6, 6.07) is 0. The largest absolute Gasteiger partial charge is 0.342 e. The molecule has 0 aromatic carbocycles. The van der Waals surface area contributed by atoms with Crippen molar-refractivity contribution in [3.63, 3.8) is 0 Å². The fourth-order valence-electron chi connectivity index (χ4n) is 3.77. The van der Waals surface area contributed by atoms with Crippen molar-refractivity contribution in [1.29, 1.82) is 0 Å². The van der Waals surface area contributed by atoms with Gasteiger partial charge in [0.2, 0.25) is 11.8 Å². The molecule has 5 heteroatoms. The number of likely N-dealkylation sites (tertiary alicyclic amines) is 1. The van der Waals surface area contributed by atoms with Crippen molar-refractivity contribution >= 4 is 5.91 Å². The number of hydrogen-bond acceptors (Lipinski definition) is 4. The van der Waals surface area contributed by atoms with Crippen molar-refractivity contribution in [3.8, 4) is 0 Å². The maximum atomic E-state index is 12.5. The molecule has 2 aliphatic rings. The summed E-state index contributed by atoms with van der Waals surface area (Å²) < 4.78 is 5.37. The van der Waals surface area contributed by atoms with E-state index in [0.29, 0.717) is 18.2 Å². The molecule has 1 saturated carbocycles. The van der Waals surface area contributed by atoms with Crippen LogP contribution >= 0.6 is 0 Å². The zero-order valence-electron chi connectivity index (χ0n) is 13.6. The highest BCUT2D eigenvalue weighted by molar-refractivity contribution is 5.76. The number of piperidine rings is 1. The summed E-state index contributed by atoms with van der Waals surface area (Å²) in [6.07, 6.45) is 9.97. The Morgan fingerprint density at radius 1 is 1.27 bits per heavy atom. The lowest BCUT2D eigenvalue weighted by molar-refractivity contribution is -0.132. The fourth-order valence-corrected chi connectivity index (χ4v) is 3.77. The van der Waals surface area contributed by atoms with Crippen molar-refractivity contribution < 1.29 is 9.32 Å². The van der Waals surface area contributed by atoms with Gasteiger partial charge in [-0.25, -0.2) is 0 Å². The molecule has 1 unspecified atom stereocenters. The van der Waals surface area contributed by atoms with Gasteiger partial charge >= 0.3 is 0 Å². The van der Waals surface area contributed by atoms with E-state index in [1.54, 1.807) is 0 Å². The lowest BCUT2D eigenvalue weighted by atomic mass is 9.96. The van der Waals surface area contributed by atoms with Crippen molar-refractivity contribution in [2.75, 3.05) is 13.1 Å². The van der Waals surface area contributed by atoms with Gasteiger partial charge in [0.05, 0.1) is 5.92 Å². The maximum absolute atomic E-state index is 12.5. The zero-order valence-corrected chi connectivity index (χ0v) is 13.6. The van der Waals surface area contributed by atoms with E-state index in [2.05, 4.69) is 10.1 Å². The predicted molar refractivity (Wildman–Crippen MR) is 83.4 cm³/mol. The minimum Gasteiger partial charge on any atom is -0.342 e. The summed E-state index contributed by atoms with van der Waals surface area (Å²) >= 11 is 0. The number of carbonyl (C=O) groups excluding carboxylic acids is 1. The summed E-state index contributed by atoms with van der Waals surface area (Å²) in [7, 11) is 0. The van der Waals surface area contributed by atoms with E-state index in [1.807, 2.05) is 11.8 Å². The Morgan fingerprint density at radius 2 is 2.09 bits per heavy atom. The number of aryl methyl sites for hydroxylation is 1. The number of nitrogens with zero attached hydrogens (tertiary/aromatic N) is 3. The molecule has 22 heavy (non-hydrogen) atoms. The quantitative estimate of drug-likeness (QED) is 0.837. The van der Waals surface area contributed by atoms with E-state index in [9.17, 15) is 4.79 Å². The Kier molecular flexibility index (Phi) is 5.11. The van der Waals surface area contributed by atoms with Crippen LogP contribution in [0.4, 0.5) is 0 Å². The lowest BCUT2D eigenvalue weighted by Gasteiger charge is -2.31. The number of aromatic nitrogens is 2. The molecule has 0 bridgehead atoms. The van der Waals surface area contributed by atoms with Crippen LogP contribution in [0.2, 0.25) is 0 Å². The van der Waals surface area contributed by atoms with Crippen LogP contribution in [0.3, 0.4) is 0 Å². The van der Waals surface area contributed by atoms with Crippen LogP contribution < -0.4 is 0 Å². The summed E-state index contributed by atoms with van der Waals surface area (Å²) in [5, 5.41) is 3.98. The average Bonchev–Trinajstić information content (AvgIpc) is 3.24. The van der Waals surface area contributed by atoms with Gasteiger partial charge in [0.1, 0.15) is 0 Å². The molecule has 3 rings (SSSR count). The van der Waals surface area contributed by atoms with Crippen LogP contribution in [0.25, 0.3) is 0 Å². The Labute approximate surface area is 132 Å². The summed E-state index contributed by atoms with van der Waals surface area (Å²) in [5.41, 5.74) is 0. The highest BCUT2D eigenvalue weighted by Gasteiger charge is 2.28. The van der Waals surface area contributed by atoms with E-state index < -0.39 is 0 Å². The minimum absolute atomic E-state index is 0.219. The van der Waals surface area contributed by atoms with Gasteiger partial charge in [-0.05, 0) is 25.2 Å². The summed E-state index contributed by atoms with van der Waals surface area (Å²) in [5.74, 6) is 2.79. The molecule has 0 spiro atoms. The molecule has 1 aromatic heterocycles. The molecule has 0 radical (unpaired) electrons. The highest BCUT2D eigenvalue weighted by Crippen LogP contribution is 2.30. The fraction of sp³-hybridized carbons (Fsp3) is 0.824. The molecule has 1 atom stereocenters. The SMILES string of the molecule is CCc1noc(C2CCCN(C(=O)CCC3CCCC3)C2)n1. The number of amides is 1. The molecule has 2 fully saturated rings. The normalized spacial score (nSPS) is 23.1. The standard InChI is InChI=1S/C17H27N3O2/c1-2-15-18-17(22-19-15)14-8-5-11-20(12-14)16(21)10-9-13-6-3-4-7-13/h13-14H,2-12H2,1H3. The van der Waals surface area contributed by atoms with Crippen LogP contribution in [-0.4, -0.2) is 34.0 Å². The molecular weight excluding hydrogens is 278 g/mol. The number of hydrogen-bond donors (Lipinski definition) is 0. The molecule has 1 amide bonds. The second kappa shape index (κ2) is 7.25. The van der Waals surface area contributed by atoms with E-state index >= 15 is 0 Å². The smallest absolute Gasteiger partial charge is 0.231 e. The van der Waals surface area contributed by atoms with Gasteiger partial charge < -0.3 is 9.42 Å². The van der Waals surface area contributed by atoms with Crippen molar-refractivity contribution in [3.05, 3.63) is 11.7 Å². The second-order valence-corrected chi connectivity index (χ2v) is 6.77. The monoisotopic (exact) mass is 305 g/mol. The molecule has 1 aromatic rings. The minimum atomic E-state index is 0.219. The number of carbonyl (C=O) groups is 1. The predicted octanol–water partition coefficient (Wildman–Crippen LogP) is 3.31. The first-order valence-electron chi connectivity index (χ1n) is 8.86. The third-order valence-electron chi connectivity index (χ3n) is 5.16. The Hall–Kier alpha value is -1.39. The highest BCUT2D eigenvalue weighted by atomic mass is 16.5. The first-order valence-corrected chi connectivity index (χ1v) is 8.86. The third-order valence-corrected chi connectivity index (χ3v) is 5.16. The van der Waals surface area contributed by atoms with Crippen LogP contribution in [0.5, 0.6) is 0 Å². The topological polar surface area (TPSA) is 59.2 Å². The first-order chi connectivity index (χ1) is 10.8. The van der Waals surface area contributed by atoms with Crippen LogP contribution in [0.15, 0.2) is 4.52 Å². The summed E-state index contributed by atoms with van der Waals surface area (Å²) in [4.78, 5) is 18.9. The Balaban J connectivity index is 1.51. The average molecular weight is 305 g/mol. The van der Waals surface area contributed by atoms with Gasteiger partial charge in [-0.1, -0.05) is 37.8 Å². The summed E-state index contributed by atoms with van der Waals surface area (Å²) in [6.45, 7) is 3.65. The molecule has 1 saturated heterocycles. The zero-order chi connectivity index (χ0) is 15.4. The van der Waals surface area contributed by atoms with E-state index in [-0.39, 0.29) is 5.92 Å². The first kappa shape index (κ1) is 15.5. The Morgan fingerprint density at radius 3 is 2.82 bits per heavy atom. The molecule has 2 heterocycles. The van der Waals surface area contributed by atoms with Gasteiger partial charge in [-0.3, -0.25) is 4.79 Å². The number of rotatable bonds is 5.